The number of nitrogens with zero attached hydrogens (tertiary/aromatic N) is 2. The van der Waals surface area contributed by atoms with Crippen LogP contribution in [0.3, 0.4) is 0 Å². The highest BCUT2D eigenvalue weighted by molar-refractivity contribution is 5.38. The number of anilines is 1. The smallest absolute Gasteiger partial charge is 0.165 e. The number of rotatable bonds is 9. The normalized spacial score (nSPS) is 17.9. The summed E-state index contributed by atoms with van der Waals surface area (Å²) < 4.78 is 13.8. The van der Waals surface area contributed by atoms with Crippen LogP contribution in [0.4, 0.5) is 10.2 Å². The van der Waals surface area contributed by atoms with E-state index >= 15 is 0 Å². The maximum Gasteiger partial charge on any atom is 0.165 e. The summed E-state index contributed by atoms with van der Waals surface area (Å²) in [6.07, 6.45) is 6.86. The molecule has 2 aromatic rings. The van der Waals surface area contributed by atoms with Gasteiger partial charge in [0, 0.05) is 31.4 Å². The largest absolute Gasteiger partial charge is 0.366 e. The fourth-order valence-corrected chi connectivity index (χ4v) is 3.84. The van der Waals surface area contributed by atoms with Crippen molar-refractivity contribution in [3.63, 3.8) is 0 Å². The van der Waals surface area contributed by atoms with Crippen LogP contribution in [0.15, 0.2) is 36.5 Å². The molecule has 1 aromatic heterocycles. The number of nitrogens with two attached hydrogens (primary N) is 2. The van der Waals surface area contributed by atoms with Gasteiger partial charge in [-0.1, -0.05) is 31.0 Å². The molecule has 0 aliphatic carbocycles. The molecule has 152 valence electrons. The number of hydrogen-bond acceptors (Lipinski definition) is 5. The Balaban J connectivity index is 1.59. The SMILES string of the molecule is CN1Cc2cc(C(N)CCCCCN)ccc2CC1CNc1ncccc1F. The van der Waals surface area contributed by atoms with Gasteiger partial charge in [-0.15, -0.1) is 0 Å². The first-order valence-electron chi connectivity index (χ1n) is 10.2. The van der Waals surface area contributed by atoms with E-state index in [9.17, 15) is 4.39 Å². The van der Waals surface area contributed by atoms with Crippen molar-refractivity contribution in [3.05, 3.63) is 59.0 Å². The molecule has 0 spiro atoms. The summed E-state index contributed by atoms with van der Waals surface area (Å²) in [5.41, 5.74) is 15.9. The molecule has 0 saturated heterocycles. The number of pyridine rings is 1. The van der Waals surface area contributed by atoms with E-state index in [0.29, 0.717) is 18.4 Å². The zero-order valence-corrected chi connectivity index (χ0v) is 16.7. The van der Waals surface area contributed by atoms with Crippen molar-refractivity contribution in [2.75, 3.05) is 25.5 Å². The molecule has 2 unspecified atom stereocenters. The molecule has 5 nitrogen and oxygen atoms in total. The Morgan fingerprint density at radius 1 is 1.25 bits per heavy atom. The molecule has 0 fully saturated rings. The van der Waals surface area contributed by atoms with Gasteiger partial charge in [-0.2, -0.15) is 0 Å². The minimum Gasteiger partial charge on any atom is -0.366 e. The van der Waals surface area contributed by atoms with Gasteiger partial charge < -0.3 is 16.8 Å². The average molecular weight is 386 g/mol. The van der Waals surface area contributed by atoms with Crippen molar-refractivity contribution in [2.45, 2.75) is 50.7 Å². The third kappa shape index (κ3) is 5.28. The Kier molecular flexibility index (Phi) is 7.36. The summed E-state index contributed by atoms with van der Waals surface area (Å²) in [5, 5.41) is 3.15. The number of benzene rings is 1. The van der Waals surface area contributed by atoms with Gasteiger partial charge in [-0.05, 0) is 61.7 Å². The Morgan fingerprint density at radius 3 is 2.89 bits per heavy atom. The highest BCUT2D eigenvalue weighted by Crippen LogP contribution is 2.27. The van der Waals surface area contributed by atoms with E-state index < -0.39 is 0 Å². The minimum atomic E-state index is -0.313. The highest BCUT2D eigenvalue weighted by Gasteiger charge is 2.24. The van der Waals surface area contributed by atoms with E-state index in [1.54, 1.807) is 12.3 Å². The Morgan fingerprint density at radius 2 is 2.11 bits per heavy atom. The van der Waals surface area contributed by atoms with Crippen LogP contribution in [0.25, 0.3) is 0 Å². The van der Waals surface area contributed by atoms with Crippen LogP contribution in [-0.4, -0.2) is 36.1 Å². The fourth-order valence-electron chi connectivity index (χ4n) is 3.84. The van der Waals surface area contributed by atoms with Crippen molar-refractivity contribution in [1.29, 1.82) is 0 Å². The van der Waals surface area contributed by atoms with Gasteiger partial charge in [0.1, 0.15) is 0 Å². The topological polar surface area (TPSA) is 80.2 Å². The summed E-state index contributed by atoms with van der Waals surface area (Å²) in [6, 6.07) is 10.1. The first-order chi connectivity index (χ1) is 13.6. The predicted octanol–water partition coefficient (Wildman–Crippen LogP) is 3.21. The van der Waals surface area contributed by atoms with E-state index in [2.05, 4.69) is 40.4 Å². The van der Waals surface area contributed by atoms with Crippen molar-refractivity contribution < 1.29 is 4.39 Å². The molecule has 2 atom stereocenters. The Bertz CT molecular complexity index is 766. The van der Waals surface area contributed by atoms with Crippen molar-refractivity contribution in [3.8, 4) is 0 Å². The molecular weight excluding hydrogens is 353 g/mol. The summed E-state index contributed by atoms with van der Waals surface area (Å²) >= 11 is 0. The summed E-state index contributed by atoms with van der Waals surface area (Å²) in [5.74, 6) is 0.00380. The number of hydrogen-bond donors (Lipinski definition) is 3. The van der Waals surface area contributed by atoms with Crippen molar-refractivity contribution in [1.82, 2.24) is 9.88 Å². The molecule has 2 heterocycles. The maximum atomic E-state index is 13.8. The molecule has 6 heteroatoms. The Hall–Kier alpha value is -2.02. The zero-order valence-electron chi connectivity index (χ0n) is 16.7. The van der Waals surface area contributed by atoms with Gasteiger partial charge in [0.25, 0.3) is 0 Å². The van der Waals surface area contributed by atoms with E-state index in [0.717, 1.165) is 45.2 Å². The third-order valence-electron chi connectivity index (χ3n) is 5.64. The number of nitrogens with one attached hydrogen (secondary N) is 1. The van der Waals surface area contributed by atoms with E-state index in [-0.39, 0.29) is 11.9 Å². The van der Waals surface area contributed by atoms with Crippen LogP contribution in [0.5, 0.6) is 0 Å². The number of aromatic nitrogens is 1. The van der Waals surface area contributed by atoms with Gasteiger partial charge in [0.15, 0.2) is 11.6 Å². The van der Waals surface area contributed by atoms with Gasteiger partial charge in [-0.25, -0.2) is 9.37 Å². The van der Waals surface area contributed by atoms with E-state index in [1.807, 2.05) is 0 Å². The lowest BCUT2D eigenvalue weighted by molar-refractivity contribution is 0.224. The molecule has 0 bridgehead atoms. The third-order valence-corrected chi connectivity index (χ3v) is 5.64. The molecule has 3 rings (SSSR count). The lowest BCUT2D eigenvalue weighted by Gasteiger charge is -2.35. The fraction of sp³-hybridized carbons (Fsp3) is 0.500. The molecule has 0 saturated carbocycles. The van der Waals surface area contributed by atoms with Gasteiger partial charge in [-0.3, -0.25) is 4.90 Å². The van der Waals surface area contributed by atoms with Gasteiger partial charge in [0.2, 0.25) is 0 Å². The van der Waals surface area contributed by atoms with E-state index in [4.69, 9.17) is 11.5 Å². The minimum absolute atomic E-state index is 0.0832. The summed E-state index contributed by atoms with van der Waals surface area (Å²) in [4.78, 5) is 6.39. The average Bonchev–Trinajstić information content (AvgIpc) is 2.70. The van der Waals surface area contributed by atoms with Crippen LogP contribution in [-0.2, 0) is 13.0 Å². The van der Waals surface area contributed by atoms with Crippen LogP contribution in [0.1, 0.15) is 48.4 Å². The first-order valence-corrected chi connectivity index (χ1v) is 10.2. The van der Waals surface area contributed by atoms with Crippen molar-refractivity contribution in [2.24, 2.45) is 11.5 Å². The summed E-state index contributed by atoms with van der Waals surface area (Å²) in [6.45, 7) is 2.29. The van der Waals surface area contributed by atoms with E-state index in [1.165, 1.54) is 22.8 Å². The second-order valence-electron chi connectivity index (χ2n) is 7.76. The van der Waals surface area contributed by atoms with Crippen LogP contribution >= 0.6 is 0 Å². The monoisotopic (exact) mass is 385 g/mol. The molecule has 28 heavy (non-hydrogen) atoms. The first kappa shape index (κ1) is 20.7. The number of unbranched alkanes of at least 4 members (excludes halogenated alkanes) is 2. The van der Waals surface area contributed by atoms with Crippen molar-refractivity contribution >= 4 is 5.82 Å². The molecular formula is C22H32FN5. The number of halogens is 1. The zero-order chi connectivity index (χ0) is 19.9. The molecule has 0 radical (unpaired) electrons. The molecule has 5 N–H and O–H groups in total. The Labute approximate surface area is 167 Å². The number of likely N-dealkylation sites (N-methyl/N-ethyl adjacent to an activating group) is 1. The predicted molar refractivity (Wildman–Crippen MR) is 113 cm³/mol. The van der Waals surface area contributed by atoms with Crippen LogP contribution in [0, 0.1) is 5.82 Å². The molecule has 0 amide bonds. The van der Waals surface area contributed by atoms with Crippen LogP contribution < -0.4 is 16.8 Å². The highest BCUT2D eigenvalue weighted by atomic mass is 19.1. The summed E-state index contributed by atoms with van der Waals surface area (Å²) in [7, 11) is 2.11. The standard InChI is InChI=1S/C22H32FN5/c1-28-15-18-12-17(21(25)7-3-2-4-10-24)9-8-16(18)13-19(28)14-27-22-20(23)6-5-11-26-22/h5-6,8-9,11-12,19,21H,2-4,7,10,13-15,24-25H2,1H3,(H,26,27). The second kappa shape index (κ2) is 9.96. The molecule has 1 aromatic carbocycles. The van der Waals surface area contributed by atoms with Crippen LogP contribution in [0.2, 0.25) is 0 Å². The molecule has 1 aliphatic rings. The lowest BCUT2D eigenvalue weighted by Crippen LogP contribution is -2.42. The lowest BCUT2D eigenvalue weighted by atomic mass is 9.90. The molecule has 1 aliphatic heterocycles. The quantitative estimate of drug-likeness (QED) is 0.578. The number of fused-ring (bicyclic) bond motifs is 1. The maximum absolute atomic E-state index is 13.8. The van der Waals surface area contributed by atoms with Gasteiger partial charge >= 0.3 is 0 Å². The second-order valence-corrected chi connectivity index (χ2v) is 7.76. The van der Waals surface area contributed by atoms with Gasteiger partial charge in [0.05, 0.1) is 0 Å².